The molecule has 0 saturated carbocycles. The third-order valence-electron chi connectivity index (χ3n) is 4.63. The molecule has 3 nitrogen and oxygen atoms in total. The Morgan fingerprint density at radius 1 is 0.815 bits per heavy atom. The Labute approximate surface area is 158 Å². The summed E-state index contributed by atoms with van der Waals surface area (Å²) >= 11 is 0. The number of fused-ring (bicyclic) bond motifs is 1. The van der Waals surface area contributed by atoms with Gasteiger partial charge in [-0.3, -0.25) is 5.43 Å². The molecular formula is C23H20FN3. The lowest BCUT2D eigenvalue weighted by atomic mass is 10.0. The number of rotatable bonds is 3. The Morgan fingerprint density at radius 3 is 2.19 bits per heavy atom. The zero-order chi connectivity index (χ0) is 18.8. The average Bonchev–Trinajstić information content (AvgIpc) is 2.88. The summed E-state index contributed by atoms with van der Waals surface area (Å²) in [4.78, 5) is 4.79. The number of benzene rings is 3. The van der Waals surface area contributed by atoms with E-state index in [1.54, 1.807) is 12.1 Å². The lowest BCUT2D eigenvalue weighted by molar-refractivity contribution is 0.628. The first-order valence-corrected chi connectivity index (χ1v) is 9.00. The Balaban J connectivity index is 1.77. The molecule has 4 rings (SSSR count). The van der Waals surface area contributed by atoms with Crippen molar-refractivity contribution in [1.82, 2.24) is 5.43 Å². The topological polar surface area (TPSA) is 36.8 Å². The van der Waals surface area contributed by atoms with Crippen LogP contribution in [0.3, 0.4) is 0 Å². The number of hydrazone groups is 1. The predicted molar refractivity (Wildman–Crippen MR) is 108 cm³/mol. The summed E-state index contributed by atoms with van der Waals surface area (Å²) in [6.45, 7) is 4.35. The zero-order valence-electron chi connectivity index (χ0n) is 15.3. The van der Waals surface area contributed by atoms with Crippen molar-refractivity contribution in [1.29, 1.82) is 0 Å². The first-order valence-electron chi connectivity index (χ1n) is 9.00. The van der Waals surface area contributed by atoms with Crippen molar-refractivity contribution in [3.05, 3.63) is 101 Å². The lowest BCUT2D eigenvalue weighted by Gasteiger charge is -2.08. The highest BCUT2D eigenvalue weighted by molar-refractivity contribution is 6.17. The number of hydrogen-bond donors (Lipinski definition) is 1. The maximum absolute atomic E-state index is 13.3. The maximum Gasteiger partial charge on any atom is 0.154 e. The van der Waals surface area contributed by atoms with Crippen LogP contribution in [0.5, 0.6) is 0 Å². The van der Waals surface area contributed by atoms with E-state index >= 15 is 0 Å². The summed E-state index contributed by atoms with van der Waals surface area (Å²) in [5.41, 5.74) is 8.66. The molecule has 134 valence electrons. The van der Waals surface area contributed by atoms with E-state index in [0.29, 0.717) is 11.8 Å². The minimum atomic E-state index is -0.267. The summed E-state index contributed by atoms with van der Waals surface area (Å²) in [6.07, 6.45) is 0. The van der Waals surface area contributed by atoms with E-state index in [1.807, 2.05) is 24.3 Å². The molecule has 27 heavy (non-hydrogen) atoms. The molecule has 0 saturated heterocycles. The molecule has 1 aliphatic rings. The Bertz CT molecular complexity index is 1020. The third-order valence-corrected chi connectivity index (χ3v) is 4.63. The van der Waals surface area contributed by atoms with Crippen LogP contribution in [-0.2, 0) is 0 Å². The normalized spacial score (nSPS) is 13.3. The summed E-state index contributed by atoms with van der Waals surface area (Å²) in [5.74, 6) is 0.901. The average molecular weight is 357 g/mol. The highest BCUT2D eigenvalue weighted by atomic mass is 19.1. The van der Waals surface area contributed by atoms with Gasteiger partial charge in [-0.15, -0.1) is 0 Å². The van der Waals surface area contributed by atoms with Gasteiger partial charge in [-0.25, -0.2) is 9.38 Å². The van der Waals surface area contributed by atoms with Crippen molar-refractivity contribution in [2.45, 2.75) is 19.8 Å². The van der Waals surface area contributed by atoms with Gasteiger partial charge in [0.25, 0.3) is 0 Å². The third kappa shape index (κ3) is 3.51. The van der Waals surface area contributed by atoms with Crippen LogP contribution >= 0.6 is 0 Å². The molecule has 0 atom stereocenters. The highest BCUT2D eigenvalue weighted by Gasteiger charge is 2.17. The molecule has 0 fully saturated rings. The van der Waals surface area contributed by atoms with Crippen LogP contribution in [0.25, 0.3) is 0 Å². The van der Waals surface area contributed by atoms with Crippen LogP contribution in [0, 0.1) is 5.82 Å². The largest absolute Gasteiger partial charge is 0.260 e. The Hall–Kier alpha value is -3.27. The minimum Gasteiger partial charge on any atom is -0.260 e. The van der Waals surface area contributed by atoms with E-state index in [-0.39, 0.29) is 5.82 Å². The fraction of sp³-hybridized carbons (Fsp3) is 0.130. The second kappa shape index (κ2) is 7.16. The van der Waals surface area contributed by atoms with Gasteiger partial charge in [-0.2, -0.15) is 5.10 Å². The van der Waals surface area contributed by atoms with E-state index in [4.69, 9.17) is 4.99 Å². The molecule has 0 amide bonds. The number of aliphatic imine (C=N–C) groups is 1. The molecule has 3 aromatic carbocycles. The number of nitrogens with one attached hydrogen (secondary N) is 1. The van der Waals surface area contributed by atoms with Crippen molar-refractivity contribution < 1.29 is 4.39 Å². The fourth-order valence-electron chi connectivity index (χ4n) is 3.07. The predicted octanol–water partition coefficient (Wildman–Crippen LogP) is 5.38. The number of nitrogens with zero attached hydrogens (tertiary/aromatic N) is 2. The lowest BCUT2D eigenvalue weighted by Crippen LogP contribution is -2.19. The van der Waals surface area contributed by atoms with Gasteiger partial charge >= 0.3 is 0 Å². The van der Waals surface area contributed by atoms with E-state index in [2.05, 4.69) is 48.6 Å². The van der Waals surface area contributed by atoms with Crippen LogP contribution < -0.4 is 5.43 Å². The van der Waals surface area contributed by atoms with E-state index in [9.17, 15) is 4.39 Å². The van der Waals surface area contributed by atoms with Gasteiger partial charge in [0.2, 0.25) is 0 Å². The first-order chi connectivity index (χ1) is 13.1. The monoisotopic (exact) mass is 357 g/mol. The quantitative estimate of drug-likeness (QED) is 0.671. The van der Waals surface area contributed by atoms with Crippen LogP contribution in [0.1, 0.15) is 42.0 Å². The van der Waals surface area contributed by atoms with Gasteiger partial charge in [-0.1, -0.05) is 56.3 Å². The van der Waals surface area contributed by atoms with Gasteiger partial charge in [0.05, 0.1) is 11.4 Å². The molecular weight excluding hydrogens is 337 g/mol. The SMILES string of the molecule is CC(C)c1ccc(C2=Nc3ccccc3C(c3ccc(F)cc3)=NN2)cc1. The summed E-state index contributed by atoms with van der Waals surface area (Å²) in [7, 11) is 0. The van der Waals surface area contributed by atoms with Gasteiger partial charge in [-0.05, 0) is 41.8 Å². The molecule has 1 heterocycles. The van der Waals surface area contributed by atoms with E-state index in [0.717, 1.165) is 28.1 Å². The molecule has 0 spiro atoms. The van der Waals surface area contributed by atoms with Gasteiger partial charge in [0.15, 0.2) is 5.84 Å². The van der Waals surface area contributed by atoms with Crippen molar-refractivity contribution in [3.8, 4) is 0 Å². The number of halogens is 1. The van der Waals surface area contributed by atoms with Crippen LogP contribution in [0.15, 0.2) is 82.9 Å². The van der Waals surface area contributed by atoms with Crippen molar-refractivity contribution in [3.63, 3.8) is 0 Å². The van der Waals surface area contributed by atoms with Crippen LogP contribution in [-0.4, -0.2) is 11.5 Å². The summed E-state index contributed by atoms with van der Waals surface area (Å²) < 4.78 is 13.3. The molecule has 1 N–H and O–H groups in total. The first kappa shape index (κ1) is 17.2. The second-order valence-electron chi connectivity index (χ2n) is 6.83. The zero-order valence-corrected chi connectivity index (χ0v) is 15.3. The minimum absolute atomic E-state index is 0.267. The molecule has 0 bridgehead atoms. The van der Waals surface area contributed by atoms with Gasteiger partial charge < -0.3 is 0 Å². The van der Waals surface area contributed by atoms with Crippen molar-refractivity contribution in [2.24, 2.45) is 10.1 Å². The molecule has 0 aliphatic carbocycles. The Morgan fingerprint density at radius 2 is 1.48 bits per heavy atom. The van der Waals surface area contributed by atoms with E-state index < -0.39 is 0 Å². The molecule has 1 aliphatic heterocycles. The van der Waals surface area contributed by atoms with E-state index in [1.165, 1.54) is 17.7 Å². The molecule has 4 heteroatoms. The standard InChI is InChI=1S/C23H20FN3/c1-15(2)16-7-9-18(10-8-16)23-25-21-6-4-3-5-20(21)22(26-27-23)17-11-13-19(24)14-12-17/h3-15H,1-2H3,(H,25,27). The second-order valence-corrected chi connectivity index (χ2v) is 6.83. The molecule has 3 aromatic rings. The fourth-order valence-corrected chi connectivity index (χ4v) is 3.07. The van der Waals surface area contributed by atoms with Gasteiger partial charge in [0.1, 0.15) is 5.82 Å². The summed E-state index contributed by atoms with van der Waals surface area (Å²) in [6, 6.07) is 22.5. The molecule has 0 unspecified atom stereocenters. The van der Waals surface area contributed by atoms with Crippen molar-refractivity contribution in [2.75, 3.05) is 0 Å². The van der Waals surface area contributed by atoms with Gasteiger partial charge in [0, 0.05) is 16.7 Å². The maximum atomic E-state index is 13.3. The summed E-state index contributed by atoms with van der Waals surface area (Å²) in [5, 5.41) is 4.59. The Kier molecular flexibility index (Phi) is 4.55. The van der Waals surface area contributed by atoms with Crippen LogP contribution in [0.4, 0.5) is 10.1 Å². The van der Waals surface area contributed by atoms with Crippen LogP contribution in [0.2, 0.25) is 0 Å². The number of hydrogen-bond acceptors (Lipinski definition) is 3. The molecule has 0 radical (unpaired) electrons. The number of para-hydroxylation sites is 1. The van der Waals surface area contributed by atoms with Crippen molar-refractivity contribution >= 4 is 17.2 Å². The molecule has 0 aromatic heterocycles. The number of amidine groups is 1. The smallest absolute Gasteiger partial charge is 0.154 e. The highest BCUT2D eigenvalue weighted by Crippen LogP contribution is 2.26.